The molecular weight excluding hydrogens is 380 g/mol. The molecule has 3 N–H and O–H groups in total. The topological polar surface area (TPSA) is 72.2 Å². The van der Waals surface area contributed by atoms with E-state index in [9.17, 15) is 8.42 Å². The lowest BCUT2D eigenvalue weighted by atomic mass is 10.2. The van der Waals surface area contributed by atoms with Crippen molar-refractivity contribution in [3.05, 3.63) is 50.6 Å². The van der Waals surface area contributed by atoms with Gasteiger partial charge in [0.1, 0.15) is 4.99 Å². The molecule has 20 heavy (non-hydrogen) atoms. The Balaban J connectivity index is 2.14. The molecule has 2 aromatic rings. The Bertz CT molecular complexity index is 723. The van der Waals surface area contributed by atoms with Gasteiger partial charge in [0.2, 0.25) is 10.0 Å². The normalized spacial score (nSPS) is 11.4. The first-order valence-electron chi connectivity index (χ1n) is 5.51. The van der Waals surface area contributed by atoms with Crippen LogP contribution < -0.4 is 10.5 Å². The van der Waals surface area contributed by atoms with Crippen LogP contribution in [0.5, 0.6) is 0 Å². The van der Waals surface area contributed by atoms with Crippen LogP contribution in [0.2, 0.25) is 0 Å². The van der Waals surface area contributed by atoms with Crippen molar-refractivity contribution in [3.63, 3.8) is 0 Å². The van der Waals surface area contributed by atoms with Gasteiger partial charge in [0, 0.05) is 21.5 Å². The number of sulfonamides is 1. The molecule has 1 aromatic carbocycles. The lowest BCUT2D eigenvalue weighted by molar-refractivity contribution is 0.581. The van der Waals surface area contributed by atoms with Gasteiger partial charge < -0.3 is 5.73 Å². The van der Waals surface area contributed by atoms with Crippen molar-refractivity contribution in [2.24, 2.45) is 5.73 Å². The van der Waals surface area contributed by atoms with Gasteiger partial charge in [-0.15, -0.1) is 11.3 Å². The van der Waals surface area contributed by atoms with Gasteiger partial charge in [-0.2, -0.15) is 0 Å². The predicted molar refractivity (Wildman–Crippen MR) is 88.4 cm³/mol. The highest BCUT2D eigenvalue weighted by Gasteiger charge is 2.14. The number of nitrogens with one attached hydrogen (secondary N) is 1. The Morgan fingerprint density at radius 2 is 1.95 bits per heavy atom. The molecular formula is C12H11BrN2O2S3. The van der Waals surface area contributed by atoms with E-state index >= 15 is 0 Å². The molecule has 0 saturated carbocycles. The highest BCUT2D eigenvalue weighted by molar-refractivity contribution is 9.10. The molecule has 0 aliphatic rings. The van der Waals surface area contributed by atoms with Gasteiger partial charge in [0.05, 0.1) is 4.90 Å². The summed E-state index contributed by atoms with van der Waals surface area (Å²) >= 11 is 9.67. The van der Waals surface area contributed by atoms with Crippen molar-refractivity contribution < 1.29 is 8.42 Å². The summed E-state index contributed by atoms with van der Waals surface area (Å²) in [5.41, 5.74) is 6.11. The summed E-state index contributed by atoms with van der Waals surface area (Å²) in [6.07, 6.45) is 0. The van der Waals surface area contributed by atoms with Crippen molar-refractivity contribution >= 4 is 54.5 Å². The number of thiophene rings is 1. The van der Waals surface area contributed by atoms with Crippen molar-refractivity contribution in [1.82, 2.24) is 4.72 Å². The van der Waals surface area contributed by atoms with Crippen LogP contribution in [0.3, 0.4) is 0 Å². The molecule has 0 radical (unpaired) electrons. The van der Waals surface area contributed by atoms with E-state index in [4.69, 9.17) is 18.0 Å². The van der Waals surface area contributed by atoms with Crippen molar-refractivity contribution in [1.29, 1.82) is 0 Å². The number of benzene rings is 1. The van der Waals surface area contributed by atoms with Gasteiger partial charge in [0.25, 0.3) is 0 Å². The predicted octanol–water partition coefficient (Wildman–Crippen LogP) is 2.62. The molecule has 0 fully saturated rings. The largest absolute Gasteiger partial charge is 0.389 e. The second kappa shape index (κ2) is 6.31. The highest BCUT2D eigenvalue weighted by atomic mass is 79.9. The molecule has 0 aliphatic carbocycles. The van der Waals surface area contributed by atoms with E-state index in [1.807, 2.05) is 11.4 Å². The van der Waals surface area contributed by atoms with Gasteiger partial charge in [-0.3, -0.25) is 0 Å². The fourth-order valence-electron chi connectivity index (χ4n) is 1.49. The van der Waals surface area contributed by atoms with Crippen LogP contribution >= 0.6 is 39.5 Å². The van der Waals surface area contributed by atoms with Gasteiger partial charge in [-0.05, 0) is 39.5 Å². The Labute approximate surface area is 135 Å². The minimum atomic E-state index is -3.54. The first kappa shape index (κ1) is 15.6. The molecule has 106 valence electrons. The monoisotopic (exact) mass is 390 g/mol. The third-order valence-corrected chi connectivity index (χ3v) is 6.14. The maximum absolute atomic E-state index is 12.1. The number of rotatable bonds is 5. The highest BCUT2D eigenvalue weighted by Crippen LogP contribution is 2.23. The molecule has 4 nitrogen and oxygen atoms in total. The zero-order valence-electron chi connectivity index (χ0n) is 10.2. The summed E-state index contributed by atoms with van der Waals surface area (Å²) in [7, 11) is -3.54. The lowest BCUT2D eigenvalue weighted by Gasteiger charge is -2.07. The number of thiocarbonyl (C=S) groups is 1. The number of hydrogen-bond donors (Lipinski definition) is 2. The molecule has 0 unspecified atom stereocenters. The maximum atomic E-state index is 12.1. The minimum Gasteiger partial charge on any atom is -0.389 e. The molecule has 0 amide bonds. The standard InChI is InChI=1S/C12H11BrN2O2S3/c13-10-5-6-19-11(10)7-15-20(16,17)9-3-1-8(2-4-9)12(14)18/h1-6,15H,7H2,(H2,14,18). The van der Waals surface area contributed by atoms with Crippen LogP contribution in [0.15, 0.2) is 45.1 Å². The third kappa shape index (κ3) is 3.64. The lowest BCUT2D eigenvalue weighted by Crippen LogP contribution is -2.23. The summed E-state index contributed by atoms with van der Waals surface area (Å²) in [6, 6.07) is 8.04. The Morgan fingerprint density at radius 3 is 2.45 bits per heavy atom. The van der Waals surface area contributed by atoms with Crippen molar-refractivity contribution in [3.8, 4) is 0 Å². The first-order valence-corrected chi connectivity index (χ1v) is 9.08. The fourth-order valence-corrected chi connectivity index (χ4v) is 4.15. The van der Waals surface area contributed by atoms with Gasteiger partial charge >= 0.3 is 0 Å². The smallest absolute Gasteiger partial charge is 0.240 e. The van der Waals surface area contributed by atoms with E-state index < -0.39 is 10.0 Å². The summed E-state index contributed by atoms with van der Waals surface area (Å²) < 4.78 is 27.7. The van der Waals surface area contributed by atoms with E-state index in [0.717, 1.165) is 9.35 Å². The van der Waals surface area contributed by atoms with E-state index in [-0.39, 0.29) is 16.4 Å². The molecule has 0 saturated heterocycles. The number of halogens is 1. The molecule has 0 aliphatic heterocycles. The zero-order chi connectivity index (χ0) is 14.8. The van der Waals surface area contributed by atoms with Crippen LogP contribution in [0.1, 0.15) is 10.4 Å². The molecule has 0 spiro atoms. The molecule has 1 heterocycles. The van der Waals surface area contributed by atoms with Gasteiger partial charge in [-0.25, -0.2) is 13.1 Å². The average Bonchev–Trinajstić information content (AvgIpc) is 2.82. The Kier molecular flexibility index (Phi) is 4.92. The molecule has 0 atom stereocenters. The Morgan fingerprint density at radius 1 is 1.30 bits per heavy atom. The number of hydrogen-bond acceptors (Lipinski definition) is 4. The fraction of sp³-hybridized carbons (Fsp3) is 0.0833. The molecule has 2 rings (SSSR count). The first-order chi connectivity index (χ1) is 9.40. The van der Waals surface area contributed by atoms with Crippen LogP contribution in [0.4, 0.5) is 0 Å². The van der Waals surface area contributed by atoms with Gasteiger partial charge in [0.15, 0.2) is 0 Å². The summed E-state index contributed by atoms with van der Waals surface area (Å²) in [6.45, 7) is 0.248. The molecule has 0 bridgehead atoms. The minimum absolute atomic E-state index is 0.185. The average molecular weight is 391 g/mol. The van der Waals surface area contributed by atoms with Crippen LogP contribution in [0, 0.1) is 0 Å². The maximum Gasteiger partial charge on any atom is 0.240 e. The van der Waals surface area contributed by atoms with Crippen molar-refractivity contribution in [2.75, 3.05) is 0 Å². The van der Waals surface area contributed by atoms with E-state index in [0.29, 0.717) is 5.56 Å². The van der Waals surface area contributed by atoms with E-state index in [1.165, 1.54) is 23.5 Å². The summed E-state index contributed by atoms with van der Waals surface area (Å²) in [4.78, 5) is 1.35. The van der Waals surface area contributed by atoms with E-state index in [1.54, 1.807) is 12.1 Å². The van der Waals surface area contributed by atoms with Crippen LogP contribution in [-0.4, -0.2) is 13.4 Å². The quantitative estimate of drug-likeness (QED) is 0.769. The zero-order valence-corrected chi connectivity index (χ0v) is 14.2. The molecule has 8 heteroatoms. The Hall–Kier alpha value is -0.800. The van der Waals surface area contributed by atoms with Crippen LogP contribution in [0.25, 0.3) is 0 Å². The number of nitrogens with two attached hydrogens (primary N) is 1. The molecule has 1 aromatic heterocycles. The van der Waals surface area contributed by atoms with Crippen molar-refractivity contribution in [2.45, 2.75) is 11.4 Å². The second-order valence-corrected chi connectivity index (χ2v) is 7.97. The van der Waals surface area contributed by atoms with Crippen LogP contribution in [-0.2, 0) is 16.6 Å². The summed E-state index contributed by atoms with van der Waals surface area (Å²) in [5.74, 6) is 0. The van der Waals surface area contributed by atoms with Gasteiger partial charge in [-0.1, -0.05) is 24.4 Å². The second-order valence-electron chi connectivity index (χ2n) is 3.90. The summed E-state index contributed by atoms with van der Waals surface area (Å²) in [5, 5.41) is 1.89. The van der Waals surface area contributed by atoms with E-state index in [2.05, 4.69) is 20.7 Å². The third-order valence-electron chi connectivity index (χ3n) is 2.56. The SMILES string of the molecule is NC(=S)c1ccc(S(=O)(=O)NCc2sccc2Br)cc1.